The van der Waals surface area contributed by atoms with Crippen LogP contribution in [0.5, 0.6) is 0 Å². The lowest BCUT2D eigenvalue weighted by Gasteiger charge is -2.16. The van der Waals surface area contributed by atoms with Crippen LogP contribution in [0.2, 0.25) is 10.0 Å². The summed E-state index contributed by atoms with van der Waals surface area (Å²) in [6.07, 6.45) is 0.588. The van der Waals surface area contributed by atoms with E-state index < -0.39 is 5.97 Å². The molecule has 0 saturated carbocycles. The molecule has 0 spiro atoms. The van der Waals surface area contributed by atoms with Gasteiger partial charge in [0.25, 0.3) is 0 Å². The number of nitrogens with one attached hydrogen (secondary N) is 1. The number of halogens is 2. The van der Waals surface area contributed by atoms with Crippen LogP contribution in [0.4, 0.5) is 5.69 Å². The predicted octanol–water partition coefficient (Wildman–Crippen LogP) is 3.66. The fourth-order valence-corrected chi connectivity index (χ4v) is 2.84. The minimum Gasteiger partial charge on any atom is -0.481 e. The van der Waals surface area contributed by atoms with E-state index in [9.17, 15) is 4.79 Å². The Morgan fingerprint density at radius 2 is 2.11 bits per heavy atom. The number of carboxylic acids is 1. The van der Waals surface area contributed by atoms with Crippen molar-refractivity contribution < 1.29 is 9.90 Å². The van der Waals surface area contributed by atoms with Crippen molar-refractivity contribution >= 4 is 57.6 Å². The highest BCUT2D eigenvalue weighted by atomic mass is 35.5. The van der Waals surface area contributed by atoms with Crippen molar-refractivity contribution in [2.45, 2.75) is 25.8 Å². The molecule has 2 aromatic rings. The van der Waals surface area contributed by atoms with Crippen molar-refractivity contribution in [2.24, 2.45) is 0 Å². The molecule has 0 amide bonds. The average molecular weight is 320 g/mol. The molecule has 0 aliphatic heterocycles. The Hall–Kier alpha value is -1.11. The van der Waals surface area contributed by atoms with Gasteiger partial charge in [-0.3, -0.25) is 4.79 Å². The van der Waals surface area contributed by atoms with Crippen LogP contribution in [0, 0.1) is 0 Å². The lowest BCUT2D eigenvalue weighted by atomic mass is 10.1. The van der Waals surface area contributed by atoms with Crippen molar-refractivity contribution in [2.75, 3.05) is 5.32 Å². The van der Waals surface area contributed by atoms with E-state index in [1.165, 1.54) is 0 Å². The Labute approximate surface area is 123 Å². The van der Waals surface area contributed by atoms with Crippen LogP contribution in [0.1, 0.15) is 19.8 Å². The van der Waals surface area contributed by atoms with E-state index in [-0.39, 0.29) is 12.5 Å². The highest BCUT2D eigenvalue weighted by Crippen LogP contribution is 2.35. The molecule has 1 unspecified atom stereocenters. The van der Waals surface area contributed by atoms with E-state index in [4.69, 9.17) is 28.3 Å². The Morgan fingerprint density at radius 1 is 1.42 bits per heavy atom. The number of carbonyl (C=O) groups is 1. The average Bonchev–Trinajstić information content (AvgIpc) is 2.81. The van der Waals surface area contributed by atoms with Gasteiger partial charge < -0.3 is 10.4 Å². The number of nitrogens with zero attached hydrogens (tertiary/aromatic N) is 2. The molecule has 5 nitrogen and oxygen atoms in total. The monoisotopic (exact) mass is 319 g/mol. The largest absolute Gasteiger partial charge is 0.481 e. The number of hydrogen-bond donors (Lipinski definition) is 2. The van der Waals surface area contributed by atoms with Crippen LogP contribution in [-0.4, -0.2) is 25.9 Å². The van der Waals surface area contributed by atoms with Gasteiger partial charge in [-0.25, -0.2) is 0 Å². The molecule has 0 bridgehead atoms. The maximum atomic E-state index is 10.5. The standard InChI is InChI=1S/C11H11Cl2N3O2S/c1-5(2-3-8(17)18)14-9-6(12)4-7(13)10-11(9)16-19-15-10/h4-5,14H,2-3H2,1H3,(H,17,18). The van der Waals surface area contributed by atoms with Crippen molar-refractivity contribution in [3.8, 4) is 0 Å². The van der Waals surface area contributed by atoms with Gasteiger partial charge in [-0.1, -0.05) is 23.2 Å². The molecule has 0 aliphatic carbocycles. The first-order valence-corrected chi connectivity index (χ1v) is 7.06. The van der Waals surface area contributed by atoms with E-state index in [0.717, 1.165) is 11.7 Å². The summed E-state index contributed by atoms with van der Waals surface area (Å²) in [5.41, 5.74) is 1.86. The van der Waals surface area contributed by atoms with Gasteiger partial charge in [0.2, 0.25) is 0 Å². The molecule has 0 aliphatic rings. The van der Waals surface area contributed by atoms with Gasteiger partial charge in [-0.05, 0) is 19.4 Å². The molecule has 1 aromatic heterocycles. The quantitative estimate of drug-likeness (QED) is 0.879. The van der Waals surface area contributed by atoms with Crippen molar-refractivity contribution in [3.05, 3.63) is 16.1 Å². The van der Waals surface area contributed by atoms with E-state index >= 15 is 0 Å². The van der Waals surface area contributed by atoms with Crippen molar-refractivity contribution in [1.82, 2.24) is 8.75 Å². The van der Waals surface area contributed by atoms with E-state index in [0.29, 0.717) is 33.2 Å². The number of rotatable bonds is 5. The Bertz CT molecular complexity index is 617. The zero-order valence-electron chi connectivity index (χ0n) is 9.98. The number of aliphatic carboxylic acids is 1. The third-order valence-electron chi connectivity index (χ3n) is 2.63. The lowest BCUT2D eigenvalue weighted by molar-refractivity contribution is -0.137. The highest BCUT2D eigenvalue weighted by Gasteiger charge is 2.16. The van der Waals surface area contributed by atoms with Gasteiger partial charge in [0.05, 0.1) is 27.5 Å². The summed E-state index contributed by atoms with van der Waals surface area (Å²) in [7, 11) is 0. The minimum absolute atomic E-state index is 0.0420. The first-order valence-electron chi connectivity index (χ1n) is 5.57. The van der Waals surface area contributed by atoms with Crippen LogP contribution in [0.25, 0.3) is 11.0 Å². The second kappa shape index (κ2) is 5.90. The molecule has 0 fully saturated rings. The Balaban J connectivity index is 2.25. The van der Waals surface area contributed by atoms with Crippen LogP contribution in [-0.2, 0) is 4.79 Å². The fraction of sp³-hybridized carbons (Fsp3) is 0.364. The Morgan fingerprint density at radius 3 is 2.79 bits per heavy atom. The van der Waals surface area contributed by atoms with Crippen LogP contribution in [0.15, 0.2) is 6.07 Å². The molecule has 0 radical (unpaired) electrons. The van der Waals surface area contributed by atoms with Crippen LogP contribution in [0.3, 0.4) is 0 Å². The molecule has 19 heavy (non-hydrogen) atoms. The van der Waals surface area contributed by atoms with Gasteiger partial charge in [0.1, 0.15) is 11.0 Å². The van der Waals surface area contributed by atoms with Gasteiger partial charge in [0, 0.05) is 12.5 Å². The smallest absolute Gasteiger partial charge is 0.303 e. The van der Waals surface area contributed by atoms with Gasteiger partial charge >= 0.3 is 5.97 Å². The predicted molar refractivity (Wildman–Crippen MR) is 77.4 cm³/mol. The van der Waals surface area contributed by atoms with Crippen LogP contribution >= 0.6 is 34.9 Å². The summed E-state index contributed by atoms with van der Waals surface area (Å²) in [6.45, 7) is 1.89. The molecule has 2 N–H and O–H groups in total. The molecule has 0 saturated heterocycles. The number of carboxylic acid groups (broad SMARTS) is 1. The van der Waals surface area contributed by atoms with E-state index in [1.807, 2.05) is 6.92 Å². The maximum absolute atomic E-state index is 10.5. The zero-order valence-corrected chi connectivity index (χ0v) is 12.3. The van der Waals surface area contributed by atoms with E-state index in [2.05, 4.69) is 14.1 Å². The Kier molecular flexibility index (Phi) is 4.44. The van der Waals surface area contributed by atoms with Gasteiger partial charge in [0.15, 0.2) is 0 Å². The molecule has 8 heteroatoms. The summed E-state index contributed by atoms with van der Waals surface area (Å²) >= 11 is 13.2. The summed E-state index contributed by atoms with van der Waals surface area (Å²) < 4.78 is 8.28. The number of hydrogen-bond acceptors (Lipinski definition) is 5. The third kappa shape index (κ3) is 3.26. The highest BCUT2D eigenvalue weighted by molar-refractivity contribution is 7.00. The summed E-state index contributed by atoms with van der Waals surface area (Å²) in [6, 6.07) is 1.57. The van der Waals surface area contributed by atoms with Gasteiger partial charge in [-0.15, -0.1) is 0 Å². The SMILES string of the molecule is CC(CCC(=O)O)Nc1c(Cl)cc(Cl)c2nsnc12. The number of anilines is 1. The van der Waals surface area contributed by atoms with Crippen molar-refractivity contribution in [3.63, 3.8) is 0 Å². The molecule has 1 aromatic carbocycles. The molecular weight excluding hydrogens is 309 g/mol. The topological polar surface area (TPSA) is 75.1 Å². The van der Waals surface area contributed by atoms with Gasteiger partial charge in [-0.2, -0.15) is 8.75 Å². The summed E-state index contributed by atoms with van der Waals surface area (Å²) in [4.78, 5) is 10.5. The maximum Gasteiger partial charge on any atom is 0.303 e. The van der Waals surface area contributed by atoms with Crippen molar-refractivity contribution in [1.29, 1.82) is 0 Å². The zero-order chi connectivity index (χ0) is 14.0. The number of benzene rings is 1. The fourth-order valence-electron chi connectivity index (χ4n) is 1.67. The first-order chi connectivity index (χ1) is 8.99. The second-order valence-electron chi connectivity index (χ2n) is 4.15. The molecule has 2 rings (SSSR count). The molecular formula is C11H11Cl2N3O2S. The molecule has 1 atom stereocenters. The lowest BCUT2D eigenvalue weighted by Crippen LogP contribution is -2.17. The number of fused-ring (bicyclic) bond motifs is 1. The third-order valence-corrected chi connectivity index (χ3v) is 3.74. The van der Waals surface area contributed by atoms with Crippen LogP contribution < -0.4 is 5.32 Å². The van der Waals surface area contributed by atoms with E-state index in [1.54, 1.807) is 6.07 Å². The first kappa shape index (κ1) is 14.3. The summed E-state index contributed by atoms with van der Waals surface area (Å²) in [5, 5.41) is 12.7. The number of aromatic nitrogens is 2. The molecule has 1 heterocycles. The molecule has 102 valence electrons. The normalized spacial score (nSPS) is 12.6. The minimum atomic E-state index is -0.823. The second-order valence-corrected chi connectivity index (χ2v) is 5.50. The summed E-state index contributed by atoms with van der Waals surface area (Å²) in [5.74, 6) is -0.823.